The first-order valence-corrected chi connectivity index (χ1v) is 7.95. The summed E-state index contributed by atoms with van der Waals surface area (Å²) in [4.78, 5) is 4.66. The molecule has 1 atom stereocenters. The molecule has 1 aliphatic rings. The van der Waals surface area contributed by atoms with Crippen LogP contribution in [-0.2, 0) is 6.54 Å². The highest BCUT2D eigenvalue weighted by molar-refractivity contribution is 5.06. The Hall–Kier alpha value is -0.830. The summed E-state index contributed by atoms with van der Waals surface area (Å²) in [5.74, 6) is 1.24. The molecule has 1 heterocycles. The summed E-state index contributed by atoms with van der Waals surface area (Å²) >= 11 is 0. The predicted molar refractivity (Wildman–Crippen MR) is 80.1 cm³/mol. The van der Waals surface area contributed by atoms with Gasteiger partial charge in [-0.2, -0.15) is 0 Å². The molecule has 1 fully saturated rings. The van der Waals surface area contributed by atoms with Crippen LogP contribution < -0.4 is 5.32 Å². The van der Waals surface area contributed by atoms with Gasteiger partial charge < -0.3 is 9.88 Å². The van der Waals surface area contributed by atoms with Crippen molar-refractivity contribution >= 4 is 0 Å². The van der Waals surface area contributed by atoms with Crippen LogP contribution in [0.15, 0.2) is 12.4 Å². The quantitative estimate of drug-likeness (QED) is 0.843. The Bertz CT molecular complexity index is 377. The first-order valence-electron chi connectivity index (χ1n) is 7.95. The minimum Gasteiger partial charge on any atom is -0.334 e. The van der Waals surface area contributed by atoms with Crippen molar-refractivity contribution in [1.29, 1.82) is 0 Å². The average molecular weight is 263 g/mol. The number of rotatable bonds is 6. The van der Waals surface area contributed by atoms with Crippen LogP contribution in [0.4, 0.5) is 0 Å². The van der Waals surface area contributed by atoms with E-state index in [-0.39, 0.29) is 0 Å². The smallest absolute Gasteiger partial charge is 0.126 e. The molecule has 1 aromatic rings. The van der Waals surface area contributed by atoms with Crippen molar-refractivity contribution in [1.82, 2.24) is 14.9 Å². The van der Waals surface area contributed by atoms with Gasteiger partial charge in [-0.05, 0) is 38.1 Å². The molecule has 0 bridgehead atoms. The van der Waals surface area contributed by atoms with Crippen molar-refractivity contribution in [3.8, 4) is 0 Å². The number of nitrogens with zero attached hydrogens (tertiary/aromatic N) is 2. The largest absolute Gasteiger partial charge is 0.334 e. The molecule has 2 rings (SSSR count). The van der Waals surface area contributed by atoms with Gasteiger partial charge >= 0.3 is 0 Å². The second-order valence-corrected chi connectivity index (χ2v) is 6.17. The van der Waals surface area contributed by atoms with Crippen LogP contribution in [0.5, 0.6) is 0 Å². The van der Waals surface area contributed by atoms with Crippen LogP contribution in [-0.4, -0.2) is 16.1 Å². The molecule has 108 valence electrons. The Kier molecular flexibility index (Phi) is 5.03. The van der Waals surface area contributed by atoms with E-state index in [9.17, 15) is 0 Å². The van der Waals surface area contributed by atoms with Gasteiger partial charge in [-0.1, -0.05) is 33.1 Å². The predicted octanol–water partition coefficient (Wildman–Crippen LogP) is 3.91. The molecule has 0 aliphatic heterocycles. The monoisotopic (exact) mass is 263 g/mol. The molecule has 3 heteroatoms. The molecule has 0 spiro atoms. The van der Waals surface area contributed by atoms with Gasteiger partial charge in [0, 0.05) is 18.9 Å². The normalized spacial score (nSPS) is 20.4. The number of hydrogen-bond donors (Lipinski definition) is 1. The number of imidazole rings is 1. The second-order valence-electron chi connectivity index (χ2n) is 6.17. The Labute approximate surface area is 117 Å². The van der Waals surface area contributed by atoms with Gasteiger partial charge in [0.05, 0.1) is 6.04 Å². The zero-order valence-electron chi connectivity index (χ0n) is 12.8. The first kappa shape index (κ1) is 14.6. The van der Waals surface area contributed by atoms with Crippen LogP contribution in [0.2, 0.25) is 0 Å². The minimum atomic E-state index is 0.367. The third kappa shape index (κ3) is 3.19. The molecule has 0 saturated heterocycles. The van der Waals surface area contributed by atoms with E-state index in [1.54, 1.807) is 0 Å². The molecule has 0 aromatic carbocycles. The fourth-order valence-corrected chi connectivity index (χ4v) is 3.43. The fourth-order valence-electron chi connectivity index (χ4n) is 3.43. The van der Waals surface area contributed by atoms with Crippen molar-refractivity contribution in [2.75, 3.05) is 6.54 Å². The Morgan fingerprint density at radius 3 is 2.68 bits per heavy atom. The summed E-state index contributed by atoms with van der Waals surface area (Å²) in [6.07, 6.45) is 12.0. The molecule has 3 nitrogen and oxygen atoms in total. The molecule has 1 saturated carbocycles. The second kappa shape index (κ2) is 6.56. The molecule has 0 radical (unpaired) electrons. The summed E-state index contributed by atoms with van der Waals surface area (Å²) < 4.78 is 2.30. The standard InChI is InChI=1S/C16H29N3/c1-4-11-17-14(15-18-12-13-19(15)5-2)16(3)9-7-6-8-10-16/h12-14,17H,4-11H2,1-3H3. The number of aromatic nitrogens is 2. The summed E-state index contributed by atoms with van der Waals surface area (Å²) in [7, 11) is 0. The van der Waals surface area contributed by atoms with E-state index in [4.69, 9.17) is 0 Å². The molecule has 0 amide bonds. The van der Waals surface area contributed by atoms with E-state index in [2.05, 4.69) is 41.8 Å². The fraction of sp³-hybridized carbons (Fsp3) is 0.812. The van der Waals surface area contributed by atoms with Crippen LogP contribution >= 0.6 is 0 Å². The lowest BCUT2D eigenvalue weighted by atomic mass is 9.70. The summed E-state index contributed by atoms with van der Waals surface area (Å²) in [5.41, 5.74) is 0.367. The van der Waals surface area contributed by atoms with Crippen molar-refractivity contribution in [3.05, 3.63) is 18.2 Å². The maximum absolute atomic E-state index is 4.66. The topological polar surface area (TPSA) is 29.9 Å². The van der Waals surface area contributed by atoms with Gasteiger partial charge in [-0.3, -0.25) is 0 Å². The average Bonchev–Trinajstić information content (AvgIpc) is 2.88. The lowest BCUT2D eigenvalue weighted by molar-refractivity contribution is 0.136. The highest BCUT2D eigenvalue weighted by Gasteiger charge is 2.38. The lowest BCUT2D eigenvalue weighted by Crippen LogP contribution is -2.39. The minimum absolute atomic E-state index is 0.367. The molecule has 1 N–H and O–H groups in total. The van der Waals surface area contributed by atoms with E-state index in [0.29, 0.717) is 11.5 Å². The lowest BCUT2D eigenvalue weighted by Gasteiger charge is -2.41. The SMILES string of the molecule is CCCNC(c1nccn1CC)C1(C)CCCCC1. The summed E-state index contributed by atoms with van der Waals surface area (Å²) in [5, 5.41) is 3.77. The van der Waals surface area contributed by atoms with Gasteiger partial charge in [0.1, 0.15) is 5.82 Å². The Morgan fingerprint density at radius 2 is 2.05 bits per heavy atom. The van der Waals surface area contributed by atoms with Gasteiger partial charge in [0.15, 0.2) is 0 Å². The van der Waals surface area contributed by atoms with E-state index >= 15 is 0 Å². The first-order chi connectivity index (χ1) is 9.21. The van der Waals surface area contributed by atoms with Crippen molar-refractivity contribution in [2.24, 2.45) is 5.41 Å². The van der Waals surface area contributed by atoms with E-state index in [1.165, 1.54) is 44.3 Å². The van der Waals surface area contributed by atoms with Gasteiger partial charge in [-0.25, -0.2) is 4.98 Å². The van der Waals surface area contributed by atoms with Gasteiger partial charge in [-0.15, -0.1) is 0 Å². The van der Waals surface area contributed by atoms with Crippen molar-refractivity contribution in [3.63, 3.8) is 0 Å². The summed E-state index contributed by atoms with van der Waals surface area (Å²) in [6.45, 7) is 8.98. The number of hydrogen-bond acceptors (Lipinski definition) is 2. The van der Waals surface area contributed by atoms with Crippen LogP contribution in [0, 0.1) is 5.41 Å². The molecule has 1 unspecified atom stereocenters. The maximum Gasteiger partial charge on any atom is 0.126 e. The highest BCUT2D eigenvalue weighted by atomic mass is 15.1. The van der Waals surface area contributed by atoms with Crippen LogP contribution in [0.1, 0.15) is 71.2 Å². The molecular weight excluding hydrogens is 234 g/mol. The third-order valence-electron chi connectivity index (χ3n) is 4.64. The van der Waals surface area contributed by atoms with Crippen molar-refractivity contribution < 1.29 is 0 Å². The molecule has 1 aromatic heterocycles. The van der Waals surface area contributed by atoms with Gasteiger partial charge in [0.25, 0.3) is 0 Å². The van der Waals surface area contributed by atoms with Crippen molar-refractivity contribution in [2.45, 2.75) is 71.9 Å². The van der Waals surface area contributed by atoms with Crippen LogP contribution in [0.3, 0.4) is 0 Å². The molecule has 19 heavy (non-hydrogen) atoms. The van der Waals surface area contributed by atoms with E-state index in [1.807, 2.05) is 6.20 Å². The van der Waals surface area contributed by atoms with Gasteiger partial charge in [0.2, 0.25) is 0 Å². The number of aryl methyl sites for hydroxylation is 1. The zero-order valence-corrected chi connectivity index (χ0v) is 12.8. The Balaban J connectivity index is 2.24. The zero-order chi connectivity index (χ0) is 13.7. The highest BCUT2D eigenvalue weighted by Crippen LogP contribution is 2.45. The Morgan fingerprint density at radius 1 is 1.32 bits per heavy atom. The number of nitrogens with one attached hydrogen (secondary N) is 1. The summed E-state index contributed by atoms with van der Waals surface area (Å²) in [6, 6.07) is 0.405. The molecular formula is C16H29N3. The van der Waals surface area contributed by atoms with E-state index in [0.717, 1.165) is 13.1 Å². The van der Waals surface area contributed by atoms with E-state index < -0.39 is 0 Å². The third-order valence-corrected chi connectivity index (χ3v) is 4.64. The van der Waals surface area contributed by atoms with Crippen LogP contribution in [0.25, 0.3) is 0 Å². The molecule has 1 aliphatic carbocycles. The maximum atomic E-state index is 4.66.